The molecule has 2 aliphatic rings. The van der Waals surface area contributed by atoms with Gasteiger partial charge in [0.1, 0.15) is 12.4 Å². The lowest BCUT2D eigenvalue weighted by molar-refractivity contribution is -0.118. The Labute approximate surface area is 180 Å². The zero-order valence-electron chi connectivity index (χ0n) is 16.7. The average molecular weight is 435 g/mol. The van der Waals surface area contributed by atoms with Gasteiger partial charge in [-0.15, -0.1) is 10.2 Å². The van der Waals surface area contributed by atoms with Gasteiger partial charge in [0.25, 0.3) is 0 Å². The largest absolute Gasteiger partial charge is 0.485 e. The number of hydrogen-bond donors (Lipinski definition) is 1. The number of nitrogens with zero attached hydrogens (tertiary/aromatic N) is 3. The van der Waals surface area contributed by atoms with Crippen LogP contribution in [-0.4, -0.2) is 32.5 Å². The predicted molar refractivity (Wildman–Crippen MR) is 115 cm³/mol. The minimum atomic E-state index is 0.0743. The first-order valence-corrected chi connectivity index (χ1v) is 11.7. The third-order valence-electron chi connectivity index (χ3n) is 5.44. The molecule has 0 saturated heterocycles. The predicted octanol–water partition coefficient (Wildman–Crippen LogP) is 4.69. The molecule has 2 aromatic rings. The summed E-state index contributed by atoms with van der Waals surface area (Å²) >= 11 is 7.51. The maximum Gasteiger partial charge on any atom is 0.230 e. The zero-order chi connectivity index (χ0) is 20.2. The second kappa shape index (κ2) is 9.39. The van der Waals surface area contributed by atoms with Crippen molar-refractivity contribution in [3.8, 4) is 5.75 Å². The molecule has 1 amide bonds. The summed E-state index contributed by atoms with van der Waals surface area (Å²) < 4.78 is 8.25. The highest BCUT2D eigenvalue weighted by Crippen LogP contribution is 2.33. The molecule has 2 saturated carbocycles. The van der Waals surface area contributed by atoms with Gasteiger partial charge in [0.05, 0.1) is 5.75 Å². The van der Waals surface area contributed by atoms with Gasteiger partial charge in [-0.1, -0.05) is 42.6 Å². The highest BCUT2D eigenvalue weighted by molar-refractivity contribution is 7.99. The lowest BCUT2D eigenvalue weighted by Gasteiger charge is -2.25. The highest BCUT2D eigenvalue weighted by atomic mass is 35.5. The van der Waals surface area contributed by atoms with E-state index in [9.17, 15) is 4.79 Å². The maximum atomic E-state index is 12.1. The molecule has 1 aromatic carbocycles. The summed E-state index contributed by atoms with van der Waals surface area (Å²) in [7, 11) is 0. The minimum absolute atomic E-state index is 0.0743. The number of ether oxygens (including phenoxy) is 1. The summed E-state index contributed by atoms with van der Waals surface area (Å²) in [4.78, 5) is 12.1. The molecule has 1 heterocycles. The molecule has 0 atom stereocenters. The van der Waals surface area contributed by atoms with Crippen LogP contribution >= 0.6 is 23.4 Å². The Balaban J connectivity index is 1.47. The van der Waals surface area contributed by atoms with Crippen molar-refractivity contribution in [1.29, 1.82) is 0 Å². The van der Waals surface area contributed by atoms with Crippen LogP contribution in [0.5, 0.6) is 5.75 Å². The molecule has 2 aliphatic carbocycles. The van der Waals surface area contributed by atoms with Crippen LogP contribution < -0.4 is 10.1 Å². The molecule has 0 bridgehead atoms. The van der Waals surface area contributed by atoms with Gasteiger partial charge in [0.2, 0.25) is 5.91 Å². The fourth-order valence-corrected chi connectivity index (χ4v) is 4.82. The molecule has 0 aliphatic heterocycles. The molecule has 1 aromatic heterocycles. The van der Waals surface area contributed by atoms with E-state index in [1.807, 2.05) is 25.1 Å². The fourth-order valence-electron chi connectivity index (χ4n) is 3.75. The molecule has 0 unspecified atom stereocenters. The first-order valence-electron chi connectivity index (χ1n) is 10.3. The van der Waals surface area contributed by atoms with E-state index in [1.165, 1.54) is 31.0 Å². The molecular formula is C21H27ClN4O2S. The van der Waals surface area contributed by atoms with E-state index in [-0.39, 0.29) is 5.91 Å². The van der Waals surface area contributed by atoms with E-state index >= 15 is 0 Å². The van der Waals surface area contributed by atoms with Crippen molar-refractivity contribution in [3.63, 3.8) is 0 Å². The van der Waals surface area contributed by atoms with Crippen LogP contribution in [0.15, 0.2) is 23.4 Å². The number of amides is 1. The summed E-state index contributed by atoms with van der Waals surface area (Å²) in [6.45, 7) is 2.33. The highest BCUT2D eigenvalue weighted by Gasteiger charge is 2.26. The number of rotatable bonds is 8. The van der Waals surface area contributed by atoms with Crippen LogP contribution in [0.25, 0.3) is 0 Å². The monoisotopic (exact) mass is 434 g/mol. The number of benzene rings is 1. The third kappa shape index (κ3) is 5.45. The van der Waals surface area contributed by atoms with Gasteiger partial charge < -0.3 is 10.1 Å². The summed E-state index contributed by atoms with van der Waals surface area (Å²) in [5, 5.41) is 13.4. The number of carbonyl (C=O) groups is 1. The molecule has 6 nitrogen and oxygen atoms in total. The molecule has 4 rings (SSSR count). The number of nitrogens with one attached hydrogen (secondary N) is 1. The van der Waals surface area contributed by atoms with Gasteiger partial charge in [0, 0.05) is 17.1 Å². The second-order valence-corrected chi connectivity index (χ2v) is 9.27. The Hall–Kier alpha value is -1.73. The quantitative estimate of drug-likeness (QED) is 0.610. The van der Waals surface area contributed by atoms with Crippen molar-refractivity contribution in [2.45, 2.75) is 75.7 Å². The Kier molecular flexibility index (Phi) is 6.65. The molecule has 0 radical (unpaired) electrons. The molecule has 8 heteroatoms. The molecule has 2 fully saturated rings. The fraction of sp³-hybridized carbons (Fsp3) is 0.571. The summed E-state index contributed by atoms with van der Waals surface area (Å²) in [5.74, 6) is 2.06. The molecular weight excluding hydrogens is 408 g/mol. The minimum Gasteiger partial charge on any atom is -0.485 e. The Bertz CT molecular complexity index is 862. The normalized spacial score (nSPS) is 17.3. The van der Waals surface area contributed by atoms with Gasteiger partial charge >= 0.3 is 0 Å². The first-order chi connectivity index (χ1) is 14.1. The Morgan fingerprint density at radius 3 is 2.76 bits per heavy atom. The van der Waals surface area contributed by atoms with E-state index in [4.69, 9.17) is 16.3 Å². The van der Waals surface area contributed by atoms with Crippen molar-refractivity contribution in [3.05, 3.63) is 34.6 Å². The van der Waals surface area contributed by atoms with Gasteiger partial charge in [0.15, 0.2) is 11.0 Å². The number of carbonyl (C=O) groups excluding carboxylic acids is 1. The number of thioether (sulfide) groups is 1. The van der Waals surface area contributed by atoms with Crippen LogP contribution in [-0.2, 0) is 11.4 Å². The number of aromatic nitrogens is 3. The number of halogens is 1. The van der Waals surface area contributed by atoms with Crippen molar-refractivity contribution in [2.24, 2.45) is 0 Å². The summed E-state index contributed by atoms with van der Waals surface area (Å²) in [6, 6.07) is 6.36. The maximum absolute atomic E-state index is 12.1. The third-order valence-corrected chi connectivity index (χ3v) is 6.62. The van der Waals surface area contributed by atoms with Crippen molar-refractivity contribution >= 4 is 29.3 Å². The van der Waals surface area contributed by atoms with Crippen LogP contribution in [0.3, 0.4) is 0 Å². The summed E-state index contributed by atoms with van der Waals surface area (Å²) in [6.07, 6.45) is 8.14. The van der Waals surface area contributed by atoms with Gasteiger partial charge in [-0.2, -0.15) is 0 Å². The standard InChI is InChI=1S/C21H27ClN4O2S/c1-14-11-15(22)7-10-18(14)28-12-19-24-25-21(26(19)17-5-3-2-4-6-17)29-13-20(27)23-16-8-9-16/h7,10-11,16-17H,2-6,8-9,12-13H2,1H3,(H,23,27). The van der Waals surface area contributed by atoms with Crippen molar-refractivity contribution in [2.75, 3.05) is 5.75 Å². The lowest BCUT2D eigenvalue weighted by atomic mass is 9.95. The Morgan fingerprint density at radius 2 is 2.03 bits per heavy atom. The average Bonchev–Trinajstić information content (AvgIpc) is 3.43. The zero-order valence-corrected chi connectivity index (χ0v) is 18.3. The SMILES string of the molecule is Cc1cc(Cl)ccc1OCc1nnc(SCC(=O)NC2CC2)n1C1CCCCC1. The Morgan fingerprint density at radius 1 is 1.24 bits per heavy atom. The van der Waals surface area contributed by atoms with Crippen LogP contribution in [0.1, 0.15) is 62.4 Å². The molecule has 156 valence electrons. The van der Waals surface area contributed by atoms with Crippen molar-refractivity contribution < 1.29 is 9.53 Å². The molecule has 1 N–H and O–H groups in total. The van der Waals surface area contributed by atoms with E-state index < -0.39 is 0 Å². The topological polar surface area (TPSA) is 69.0 Å². The summed E-state index contributed by atoms with van der Waals surface area (Å²) in [5.41, 5.74) is 0.993. The number of aryl methyl sites for hydroxylation is 1. The van der Waals surface area contributed by atoms with Crippen LogP contribution in [0, 0.1) is 6.92 Å². The van der Waals surface area contributed by atoms with Gasteiger partial charge in [-0.25, -0.2) is 0 Å². The molecule has 29 heavy (non-hydrogen) atoms. The lowest BCUT2D eigenvalue weighted by Crippen LogP contribution is -2.27. The smallest absolute Gasteiger partial charge is 0.230 e. The van der Waals surface area contributed by atoms with Crippen molar-refractivity contribution in [1.82, 2.24) is 20.1 Å². The van der Waals surface area contributed by atoms with E-state index in [0.717, 1.165) is 48.0 Å². The number of hydrogen-bond acceptors (Lipinski definition) is 5. The van der Waals surface area contributed by atoms with E-state index in [1.54, 1.807) is 0 Å². The van der Waals surface area contributed by atoms with Crippen LogP contribution in [0.4, 0.5) is 0 Å². The molecule has 0 spiro atoms. The first kappa shape index (κ1) is 20.5. The van der Waals surface area contributed by atoms with E-state index in [2.05, 4.69) is 20.1 Å². The second-order valence-electron chi connectivity index (χ2n) is 7.89. The van der Waals surface area contributed by atoms with Gasteiger partial charge in [-0.3, -0.25) is 9.36 Å². The van der Waals surface area contributed by atoms with E-state index in [0.29, 0.717) is 29.5 Å². The van der Waals surface area contributed by atoms with Crippen LogP contribution in [0.2, 0.25) is 5.02 Å². The van der Waals surface area contributed by atoms with Gasteiger partial charge in [-0.05, 0) is 56.4 Å².